The Morgan fingerprint density at radius 1 is 1.33 bits per heavy atom. The Hall–Kier alpha value is -0.500. The fraction of sp³-hybridized carbons (Fsp3) is 0.750. The highest BCUT2D eigenvalue weighted by Crippen LogP contribution is 2.61. The van der Waals surface area contributed by atoms with Crippen molar-refractivity contribution in [2.45, 2.75) is 38.0 Å². The van der Waals surface area contributed by atoms with Crippen molar-refractivity contribution in [1.29, 1.82) is 0 Å². The van der Waals surface area contributed by atoms with Crippen LogP contribution in [-0.4, -0.2) is 10.9 Å². The lowest BCUT2D eigenvalue weighted by atomic mass is 10.0. The summed E-state index contributed by atoms with van der Waals surface area (Å²) in [7, 11) is 0. The van der Waals surface area contributed by atoms with Crippen molar-refractivity contribution in [3.05, 3.63) is 17.8 Å². The summed E-state index contributed by atoms with van der Waals surface area (Å²) in [6, 6.07) is 0. The largest absolute Gasteiger partial charge is 0.445 e. The number of alkyl halides is 1. The van der Waals surface area contributed by atoms with Gasteiger partial charge in [-0.05, 0) is 24.7 Å². The van der Waals surface area contributed by atoms with E-state index >= 15 is 0 Å². The fourth-order valence-corrected chi connectivity index (χ4v) is 3.25. The molecule has 1 heterocycles. The monoisotopic (exact) mass is 225 g/mol. The topological polar surface area (TPSA) is 26.0 Å². The van der Waals surface area contributed by atoms with E-state index in [0.29, 0.717) is 11.8 Å². The second-order valence-corrected chi connectivity index (χ2v) is 5.11. The van der Waals surface area contributed by atoms with Crippen molar-refractivity contribution in [3.63, 3.8) is 0 Å². The summed E-state index contributed by atoms with van der Waals surface area (Å²) in [5.74, 6) is 5.00. The summed E-state index contributed by atoms with van der Waals surface area (Å²) in [5.41, 5.74) is 0. The van der Waals surface area contributed by atoms with Crippen LogP contribution in [0.15, 0.2) is 10.6 Å². The molecule has 2 aliphatic carbocycles. The van der Waals surface area contributed by atoms with Crippen molar-refractivity contribution >= 4 is 11.6 Å². The SMILES string of the molecule is ClCCc1ncc(C2C3CCCCC32)o1. The molecule has 0 saturated heterocycles. The van der Waals surface area contributed by atoms with Gasteiger partial charge in [0.05, 0.1) is 6.20 Å². The molecule has 82 valence electrons. The van der Waals surface area contributed by atoms with E-state index in [2.05, 4.69) is 4.98 Å². The van der Waals surface area contributed by atoms with Crippen LogP contribution in [0, 0.1) is 11.8 Å². The normalized spacial score (nSPS) is 33.8. The van der Waals surface area contributed by atoms with E-state index in [0.717, 1.165) is 29.9 Å². The summed E-state index contributed by atoms with van der Waals surface area (Å²) in [6.07, 6.45) is 8.26. The predicted octanol–water partition coefficient (Wildman–Crippen LogP) is 3.36. The van der Waals surface area contributed by atoms with E-state index in [1.807, 2.05) is 6.20 Å². The Bertz CT molecular complexity index is 337. The molecule has 1 aromatic heterocycles. The lowest BCUT2D eigenvalue weighted by molar-refractivity contribution is 0.453. The van der Waals surface area contributed by atoms with Gasteiger partial charge in [0.15, 0.2) is 5.89 Å². The maximum Gasteiger partial charge on any atom is 0.195 e. The first-order valence-electron chi connectivity index (χ1n) is 5.90. The van der Waals surface area contributed by atoms with Gasteiger partial charge >= 0.3 is 0 Å². The highest BCUT2D eigenvalue weighted by atomic mass is 35.5. The van der Waals surface area contributed by atoms with Crippen molar-refractivity contribution in [2.24, 2.45) is 11.8 Å². The summed E-state index contributed by atoms with van der Waals surface area (Å²) < 4.78 is 5.74. The third kappa shape index (κ3) is 1.69. The molecule has 15 heavy (non-hydrogen) atoms. The van der Waals surface area contributed by atoms with Crippen LogP contribution in [0.2, 0.25) is 0 Å². The number of halogens is 1. The number of nitrogens with zero attached hydrogens (tertiary/aromatic N) is 1. The molecule has 3 rings (SSSR count). The molecule has 0 spiro atoms. The molecule has 1 aromatic rings. The van der Waals surface area contributed by atoms with Crippen LogP contribution in [0.1, 0.15) is 43.3 Å². The zero-order valence-electron chi connectivity index (χ0n) is 8.79. The minimum absolute atomic E-state index is 0.595. The van der Waals surface area contributed by atoms with Gasteiger partial charge in [0.25, 0.3) is 0 Å². The van der Waals surface area contributed by atoms with Crippen LogP contribution in [0.5, 0.6) is 0 Å². The molecule has 2 atom stereocenters. The predicted molar refractivity (Wildman–Crippen MR) is 59.1 cm³/mol. The maximum atomic E-state index is 5.74. The van der Waals surface area contributed by atoms with Crippen molar-refractivity contribution in [1.82, 2.24) is 4.98 Å². The fourth-order valence-electron chi connectivity index (χ4n) is 3.09. The van der Waals surface area contributed by atoms with Crippen molar-refractivity contribution < 1.29 is 4.42 Å². The molecule has 0 aliphatic heterocycles. The smallest absolute Gasteiger partial charge is 0.195 e. The van der Waals surface area contributed by atoms with Gasteiger partial charge in [-0.25, -0.2) is 4.98 Å². The van der Waals surface area contributed by atoms with Crippen LogP contribution in [0.25, 0.3) is 0 Å². The summed E-state index contributed by atoms with van der Waals surface area (Å²) in [5, 5.41) is 0. The third-order valence-electron chi connectivity index (χ3n) is 3.86. The molecule has 0 aromatic carbocycles. The Kier molecular flexibility index (Phi) is 2.47. The second kappa shape index (κ2) is 3.82. The molecule has 2 fully saturated rings. The Balaban J connectivity index is 1.71. The van der Waals surface area contributed by atoms with Crippen molar-refractivity contribution in [2.75, 3.05) is 5.88 Å². The Morgan fingerprint density at radius 3 is 2.73 bits per heavy atom. The number of rotatable bonds is 3. The number of oxazole rings is 1. The molecule has 0 amide bonds. The molecule has 2 saturated carbocycles. The van der Waals surface area contributed by atoms with Gasteiger partial charge in [0, 0.05) is 18.2 Å². The van der Waals surface area contributed by atoms with E-state index in [4.69, 9.17) is 16.0 Å². The van der Waals surface area contributed by atoms with Crippen LogP contribution in [-0.2, 0) is 6.42 Å². The molecule has 0 N–H and O–H groups in total. The first kappa shape index (κ1) is 9.71. The molecular weight excluding hydrogens is 210 g/mol. The number of hydrogen-bond donors (Lipinski definition) is 0. The summed E-state index contributed by atoms with van der Waals surface area (Å²) in [6.45, 7) is 0. The van der Waals surface area contributed by atoms with Crippen LogP contribution < -0.4 is 0 Å². The van der Waals surface area contributed by atoms with Gasteiger partial charge in [0.1, 0.15) is 5.76 Å². The standard InChI is InChI=1S/C12H16ClNO/c13-6-5-11-14-7-10(15-11)12-8-3-1-2-4-9(8)12/h7-9,12H,1-6H2. The number of hydrogen-bond acceptors (Lipinski definition) is 2. The Morgan fingerprint density at radius 2 is 2.07 bits per heavy atom. The lowest BCUT2D eigenvalue weighted by Crippen LogP contribution is -1.91. The van der Waals surface area contributed by atoms with Crippen LogP contribution in [0.4, 0.5) is 0 Å². The first-order chi connectivity index (χ1) is 7.40. The number of aryl methyl sites for hydroxylation is 1. The van der Waals surface area contributed by atoms with Gasteiger partial charge in [0.2, 0.25) is 0 Å². The lowest BCUT2D eigenvalue weighted by Gasteiger charge is -2.04. The zero-order chi connectivity index (χ0) is 10.3. The molecule has 2 unspecified atom stereocenters. The van der Waals surface area contributed by atoms with Crippen LogP contribution in [0.3, 0.4) is 0 Å². The summed E-state index contributed by atoms with van der Waals surface area (Å²) >= 11 is 5.66. The van der Waals surface area contributed by atoms with Gasteiger partial charge in [-0.15, -0.1) is 11.6 Å². The van der Waals surface area contributed by atoms with Gasteiger partial charge in [-0.2, -0.15) is 0 Å². The maximum absolute atomic E-state index is 5.74. The highest BCUT2D eigenvalue weighted by Gasteiger charge is 2.53. The minimum Gasteiger partial charge on any atom is -0.445 e. The van der Waals surface area contributed by atoms with Gasteiger partial charge in [-0.3, -0.25) is 0 Å². The highest BCUT2D eigenvalue weighted by molar-refractivity contribution is 6.17. The van der Waals surface area contributed by atoms with Gasteiger partial charge < -0.3 is 4.42 Å². The van der Waals surface area contributed by atoms with E-state index in [-0.39, 0.29) is 0 Å². The van der Waals surface area contributed by atoms with E-state index in [1.54, 1.807) is 0 Å². The average Bonchev–Trinajstić information content (AvgIpc) is 2.82. The molecular formula is C12H16ClNO. The van der Waals surface area contributed by atoms with E-state index < -0.39 is 0 Å². The van der Waals surface area contributed by atoms with E-state index in [1.165, 1.54) is 25.7 Å². The molecule has 3 heteroatoms. The quantitative estimate of drug-likeness (QED) is 0.738. The minimum atomic E-state index is 0.595. The number of fused-ring (bicyclic) bond motifs is 1. The van der Waals surface area contributed by atoms with Crippen molar-refractivity contribution in [3.8, 4) is 0 Å². The number of aromatic nitrogens is 1. The summed E-state index contributed by atoms with van der Waals surface area (Å²) in [4.78, 5) is 4.27. The first-order valence-corrected chi connectivity index (χ1v) is 6.44. The second-order valence-electron chi connectivity index (χ2n) is 4.73. The zero-order valence-corrected chi connectivity index (χ0v) is 9.54. The average molecular weight is 226 g/mol. The van der Waals surface area contributed by atoms with E-state index in [9.17, 15) is 0 Å². The Labute approximate surface area is 95.0 Å². The molecule has 0 bridgehead atoms. The molecule has 0 radical (unpaired) electrons. The van der Waals surface area contributed by atoms with Crippen LogP contribution >= 0.6 is 11.6 Å². The van der Waals surface area contributed by atoms with Gasteiger partial charge in [-0.1, -0.05) is 12.8 Å². The third-order valence-corrected chi connectivity index (χ3v) is 4.05. The molecule has 2 aliphatic rings. The molecule has 2 nitrogen and oxygen atoms in total.